The molecule has 0 fully saturated rings. The molecule has 2 aromatic rings. The molecule has 3 heteroatoms. The van der Waals surface area contributed by atoms with E-state index in [0.717, 1.165) is 11.1 Å². The van der Waals surface area contributed by atoms with Gasteiger partial charge in [-0.1, -0.05) is 42.5 Å². The van der Waals surface area contributed by atoms with E-state index in [1.54, 1.807) is 12.3 Å². The number of hydrogen-bond donors (Lipinski definition) is 0. The van der Waals surface area contributed by atoms with E-state index in [1.165, 1.54) is 13.3 Å². The van der Waals surface area contributed by atoms with Gasteiger partial charge in [0, 0.05) is 12.4 Å². The summed E-state index contributed by atoms with van der Waals surface area (Å²) in [5.41, 5.74) is 2.41. The SMILES string of the molecule is COC(=O)c1cncc(/C=C/c2ccccc2)c1. The number of nitrogens with zero attached hydrogens (tertiary/aromatic N) is 1. The molecule has 0 N–H and O–H groups in total. The summed E-state index contributed by atoms with van der Waals surface area (Å²) in [4.78, 5) is 15.4. The summed E-state index contributed by atoms with van der Waals surface area (Å²) >= 11 is 0. The van der Waals surface area contributed by atoms with Crippen LogP contribution in [0.3, 0.4) is 0 Å². The molecule has 2 rings (SSSR count). The fraction of sp³-hybridized carbons (Fsp3) is 0.0667. The average molecular weight is 239 g/mol. The smallest absolute Gasteiger partial charge is 0.339 e. The normalized spacial score (nSPS) is 10.5. The largest absolute Gasteiger partial charge is 0.465 e. The van der Waals surface area contributed by atoms with Gasteiger partial charge in [-0.25, -0.2) is 4.79 Å². The Morgan fingerprint density at radius 1 is 1.11 bits per heavy atom. The monoisotopic (exact) mass is 239 g/mol. The van der Waals surface area contributed by atoms with Gasteiger partial charge >= 0.3 is 5.97 Å². The van der Waals surface area contributed by atoms with Crippen molar-refractivity contribution >= 4 is 18.1 Å². The maximum absolute atomic E-state index is 11.4. The predicted octanol–water partition coefficient (Wildman–Crippen LogP) is 3.04. The highest BCUT2D eigenvalue weighted by Crippen LogP contribution is 2.09. The molecule has 0 radical (unpaired) electrons. The Hall–Kier alpha value is -2.42. The molecule has 0 saturated carbocycles. The second-order valence-corrected chi connectivity index (χ2v) is 3.74. The number of pyridine rings is 1. The molecule has 1 aromatic heterocycles. The lowest BCUT2D eigenvalue weighted by atomic mass is 10.1. The highest BCUT2D eigenvalue weighted by Gasteiger charge is 2.04. The Morgan fingerprint density at radius 2 is 1.83 bits per heavy atom. The molecule has 0 saturated heterocycles. The van der Waals surface area contributed by atoms with E-state index in [9.17, 15) is 4.79 Å². The van der Waals surface area contributed by atoms with Gasteiger partial charge in [-0.3, -0.25) is 4.98 Å². The van der Waals surface area contributed by atoms with Crippen LogP contribution in [0.15, 0.2) is 48.8 Å². The molecular formula is C15H13NO2. The zero-order valence-corrected chi connectivity index (χ0v) is 10.0. The Kier molecular flexibility index (Phi) is 3.86. The van der Waals surface area contributed by atoms with Crippen LogP contribution in [0.5, 0.6) is 0 Å². The van der Waals surface area contributed by atoms with Crippen LogP contribution >= 0.6 is 0 Å². The third-order valence-corrected chi connectivity index (χ3v) is 2.45. The van der Waals surface area contributed by atoms with Crippen LogP contribution in [0.4, 0.5) is 0 Å². The van der Waals surface area contributed by atoms with E-state index in [0.29, 0.717) is 5.56 Å². The van der Waals surface area contributed by atoms with Gasteiger partial charge in [-0.05, 0) is 17.2 Å². The summed E-state index contributed by atoms with van der Waals surface area (Å²) in [6.07, 6.45) is 7.07. The number of methoxy groups -OCH3 is 1. The van der Waals surface area contributed by atoms with Crippen molar-refractivity contribution < 1.29 is 9.53 Å². The summed E-state index contributed by atoms with van der Waals surface area (Å²) in [5, 5.41) is 0. The Morgan fingerprint density at radius 3 is 2.56 bits per heavy atom. The number of esters is 1. The highest BCUT2D eigenvalue weighted by atomic mass is 16.5. The number of carbonyl (C=O) groups excluding carboxylic acids is 1. The van der Waals surface area contributed by atoms with Crippen molar-refractivity contribution in [3.63, 3.8) is 0 Å². The Bertz CT molecular complexity index is 562. The topological polar surface area (TPSA) is 39.2 Å². The lowest BCUT2D eigenvalue weighted by Gasteiger charge is -1.99. The first kappa shape index (κ1) is 12.0. The first-order valence-electron chi connectivity index (χ1n) is 5.56. The molecular weight excluding hydrogens is 226 g/mol. The van der Waals surface area contributed by atoms with E-state index < -0.39 is 0 Å². The van der Waals surface area contributed by atoms with Crippen molar-refractivity contribution in [2.45, 2.75) is 0 Å². The van der Waals surface area contributed by atoms with E-state index in [4.69, 9.17) is 0 Å². The molecule has 0 aliphatic heterocycles. The Balaban J connectivity index is 2.20. The molecule has 90 valence electrons. The minimum Gasteiger partial charge on any atom is -0.465 e. The fourth-order valence-corrected chi connectivity index (χ4v) is 1.53. The summed E-state index contributed by atoms with van der Waals surface area (Å²) in [6, 6.07) is 11.7. The fourth-order valence-electron chi connectivity index (χ4n) is 1.53. The summed E-state index contributed by atoms with van der Waals surface area (Å²) in [7, 11) is 1.36. The molecule has 0 bridgehead atoms. The first-order valence-corrected chi connectivity index (χ1v) is 5.56. The van der Waals surface area contributed by atoms with Crippen LogP contribution in [-0.4, -0.2) is 18.1 Å². The molecule has 18 heavy (non-hydrogen) atoms. The van der Waals surface area contributed by atoms with Crippen molar-refractivity contribution in [1.29, 1.82) is 0 Å². The number of hydrogen-bond acceptors (Lipinski definition) is 3. The van der Waals surface area contributed by atoms with Crippen LogP contribution in [-0.2, 0) is 4.74 Å². The maximum atomic E-state index is 11.4. The van der Waals surface area contributed by atoms with Gasteiger partial charge in [0.15, 0.2) is 0 Å². The van der Waals surface area contributed by atoms with E-state index in [-0.39, 0.29) is 5.97 Å². The van der Waals surface area contributed by atoms with E-state index in [2.05, 4.69) is 9.72 Å². The number of rotatable bonds is 3. The van der Waals surface area contributed by atoms with Crippen LogP contribution in [0.25, 0.3) is 12.2 Å². The minimum absolute atomic E-state index is 0.377. The second kappa shape index (κ2) is 5.77. The van der Waals surface area contributed by atoms with Crippen LogP contribution in [0.2, 0.25) is 0 Å². The summed E-state index contributed by atoms with van der Waals surface area (Å²) < 4.78 is 4.65. The van der Waals surface area contributed by atoms with E-state index in [1.807, 2.05) is 42.5 Å². The summed E-state index contributed by atoms with van der Waals surface area (Å²) in [6.45, 7) is 0. The third kappa shape index (κ3) is 3.04. The number of benzene rings is 1. The van der Waals surface area contributed by atoms with Gasteiger partial charge in [-0.15, -0.1) is 0 Å². The molecule has 0 amide bonds. The lowest BCUT2D eigenvalue weighted by molar-refractivity contribution is 0.0600. The van der Waals surface area contributed by atoms with Crippen molar-refractivity contribution in [3.05, 3.63) is 65.5 Å². The predicted molar refractivity (Wildman–Crippen MR) is 70.9 cm³/mol. The molecule has 0 aliphatic rings. The quantitative estimate of drug-likeness (QED) is 0.773. The lowest BCUT2D eigenvalue weighted by Crippen LogP contribution is -2.01. The average Bonchev–Trinajstić information content (AvgIpc) is 2.45. The number of aromatic nitrogens is 1. The first-order chi connectivity index (χ1) is 8.79. The number of carbonyl (C=O) groups is 1. The molecule has 1 aromatic carbocycles. The zero-order valence-electron chi connectivity index (χ0n) is 10.0. The maximum Gasteiger partial charge on any atom is 0.339 e. The molecule has 0 atom stereocenters. The van der Waals surface area contributed by atoms with E-state index >= 15 is 0 Å². The molecule has 1 heterocycles. The van der Waals surface area contributed by atoms with Crippen LogP contribution in [0, 0.1) is 0 Å². The number of ether oxygens (including phenoxy) is 1. The van der Waals surface area contributed by atoms with Gasteiger partial charge < -0.3 is 4.74 Å². The van der Waals surface area contributed by atoms with Crippen LogP contribution in [0.1, 0.15) is 21.5 Å². The zero-order chi connectivity index (χ0) is 12.8. The Labute approximate surface area is 106 Å². The molecule has 0 aliphatic carbocycles. The van der Waals surface area contributed by atoms with Crippen molar-refractivity contribution in [3.8, 4) is 0 Å². The molecule has 0 unspecified atom stereocenters. The van der Waals surface area contributed by atoms with Gasteiger partial charge in [0.05, 0.1) is 12.7 Å². The minimum atomic E-state index is -0.377. The summed E-state index contributed by atoms with van der Waals surface area (Å²) in [5.74, 6) is -0.377. The van der Waals surface area contributed by atoms with Gasteiger partial charge in [-0.2, -0.15) is 0 Å². The second-order valence-electron chi connectivity index (χ2n) is 3.74. The standard InChI is InChI=1S/C15H13NO2/c1-18-15(17)14-9-13(10-16-11-14)8-7-12-5-3-2-4-6-12/h2-11H,1H3/b8-7+. The van der Waals surface area contributed by atoms with Crippen LogP contribution < -0.4 is 0 Å². The van der Waals surface area contributed by atoms with Crippen molar-refractivity contribution in [1.82, 2.24) is 4.98 Å². The van der Waals surface area contributed by atoms with Crippen molar-refractivity contribution in [2.24, 2.45) is 0 Å². The molecule has 3 nitrogen and oxygen atoms in total. The van der Waals surface area contributed by atoms with Gasteiger partial charge in [0.1, 0.15) is 0 Å². The van der Waals surface area contributed by atoms with Crippen molar-refractivity contribution in [2.75, 3.05) is 7.11 Å². The third-order valence-electron chi connectivity index (χ3n) is 2.45. The highest BCUT2D eigenvalue weighted by molar-refractivity contribution is 5.89. The van der Waals surface area contributed by atoms with Gasteiger partial charge in [0.25, 0.3) is 0 Å². The van der Waals surface area contributed by atoms with Gasteiger partial charge in [0.2, 0.25) is 0 Å². The molecule has 0 spiro atoms.